The molecule has 17 heavy (non-hydrogen) atoms. The first-order valence-corrected chi connectivity index (χ1v) is 6.29. The average Bonchev–Trinajstić information content (AvgIpc) is 2.32. The van der Waals surface area contributed by atoms with Gasteiger partial charge >= 0.3 is 0 Å². The fourth-order valence-electron chi connectivity index (χ4n) is 1.22. The third-order valence-corrected chi connectivity index (χ3v) is 3.06. The van der Waals surface area contributed by atoms with Crippen molar-refractivity contribution in [1.82, 2.24) is 9.97 Å². The first kappa shape index (κ1) is 12.2. The summed E-state index contributed by atoms with van der Waals surface area (Å²) in [7, 11) is 0. The van der Waals surface area contributed by atoms with Crippen molar-refractivity contribution < 1.29 is 4.79 Å². The van der Waals surface area contributed by atoms with Crippen molar-refractivity contribution in [2.75, 3.05) is 5.32 Å². The Bertz CT molecular complexity index is 560. The lowest BCUT2D eigenvalue weighted by Crippen LogP contribution is -2.12. The van der Waals surface area contributed by atoms with Gasteiger partial charge in [-0.3, -0.25) is 4.79 Å². The second-order valence-corrected chi connectivity index (χ2v) is 4.73. The molecule has 2 aromatic rings. The zero-order chi connectivity index (χ0) is 12.3. The monoisotopic (exact) mass is 355 g/mol. The predicted octanol–water partition coefficient (Wildman–Crippen LogP) is 3.25. The Hall–Kier alpha value is -1.27. The molecular formula is C11H7Br2N3O. The predicted molar refractivity (Wildman–Crippen MR) is 71.8 cm³/mol. The van der Waals surface area contributed by atoms with E-state index >= 15 is 0 Å². The van der Waals surface area contributed by atoms with Crippen molar-refractivity contribution in [2.24, 2.45) is 0 Å². The number of pyridine rings is 2. The van der Waals surface area contributed by atoms with E-state index in [9.17, 15) is 4.79 Å². The summed E-state index contributed by atoms with van der Waals surface area (Å²) in [6.45, 7) is 0. The van der Waals surface area contributed by atoms with Crippen molar-refractivity contribution in [3.05, 3.63) is 51.4 Å². The van der Waals surface area contributed by atoms with Gasteiger partial charge in [0.2, 0.25) is 0 Å². The number of aromatic nitrogens is 2. The molecule has 0 bridgehead atoms. The standard InChI is InChI=1S/C11H7Br2N3O/c12-9-6-7(3-5-14-9)11(17)16-8-2-1-4-15-10(8)13/h1-6H,(H,16,17). The highest BCUT2D eigenvalue weighted by Crippen LogP contribution is 2.19. The molecule has 86 valence electrons. The molecular weight excluding hydrogens is 350 g/mol. The topological polar surface area (TPSA) is 54.9 Å². The Morgan fingerprint density at radius 2 is 2.00 bits per heavy atom. The fraction of sp³-hybridized carbons (Fsp3) is 0. The lowest BCUT2D eigenvalue weighted by molar-refractivity contribution is 0.102. The number of carbonyl (C=O) groups excluding carboxylic acids is 1. The second-order valence-electron chi connectivity index (χ2n) is 3.16. The number of nitrogens with zero attached hydrogens (tertiary/aromatic N) is 2. The summed E-state index contributed by atoms with van der Waals surface area (Å²) in [5, 5.41) is 2.76. The van der Waals surface area contributed by atoms with Crippen LogP contribution in [0.4, 0.5) is 5.69 Å². The SMILES string of the molecule is O=C(Nc1cccnc1Br)c1ccnc(Br)c1. The van der Waals surface area contributed by atoms with Crippen molar-refractivity contribution >= 4 is 43.5 Å². The van der Waals surface area contributed by atoms with E-state index in [1.165, 1.54) is 0 Å². The molecule has 2 aromatic heterocycles. The summed E-state index contributed by atoms with van der Waals surface area (Å²) in [5.74, 6) is -0.207. The zero-order valence-electron chi connectivity index (χ0n) is 8.52. The van der Waals surface area contributed by atoms with Gasteiger partial charge in [0.15, 0.2) is 0 Å². The number of rotatable bonds is 2. The maximum absolute atomic E-state index is 11.9. The molecule has 1 amide bonds. The van der Waals surface area contributed by atoms with E-state index in [0.29, 0.717) is 20.5 Å². The van der Waals surface area contributed by atoms with Crippen molar-refractivity contribution in [3.63, 3.8) is 0 Å². The van der Waals surface area contributed by atoms with Crippen LogP contribution in [0.2, 0.25) is 0 Å². The minimum Gasteiger partial charge on any atom is -0.320 e. The number of amides is 1. The van der Waals surface area contributed by atoms with Gasteiger partial charge < -0.3 is 5.32 Å². The number of hydrogen-bond donors (Lipinski definition) is 1. The smallest absolute Gasteiger partial charge is 0.255 e. The maximum Gasteiger partial charge on any atom is 0.255 e. The van der Waals surface area contributed by atoms with E-state index < -0.39 is 0 Å². The highest BCUT2D eigenvalue weighted by molar-refractivity contribution is 9.10. The van der Waals surface area contributed by atoms with Crippen LogP contribution in [0, 0.1) is 0 Å². The van der Waals surface area contributed by atoms with E-state index in [1.54, 1.807) is 36.7 Å². The third-order valence-electron chi connectivity index (χ3n) is 2.00. The Balaban J connectivity index is 2.20. The highest BCUT2D eigenvalue weighted by atomic mass is 79.9. The van der Waals surface area contributed by atoms with Crippen LogP contribution < -0.4 is 5.32 Å². The van der Waals surface area contributed by atoms with Gasteiger partial charge in [0, 0.05) is 18.0 Å². The molecule has 0 spiro atoms. The number of anilines is 1. The first-order chi connectivity index (χ1) is 8.16. The molecule has 4 nitrogen and oxygen atoms in total. The van der Waals surface area contributed by atoms with E-state index in [2.05, 4.69) is 47.1 Å². The van der Waals surface area contributed by atoms with Gasteiger partial charge in [-0.25, -0.2) is 9.97 Å². The molecule has 6 heteroatoms. The van der Waals surface area contributed by atoms with Crippen molar-refractivity contribution in [3.8, 4) is 0 Å². The zero-order valence-corrected chi connectivity index (χ0v) is 11.7. The Morgan fingerprint density at radius 1 is 1.18 bits per heavy atom. The van der Waals surface area contributed by atoms with Crippen LogP contribution in [0.3, 0.4) is 0 Å². The quantitative estimate of drug-likeness (QED) is 0.840. The van der Waals surface area contributed by atoms with Crippen LogP contribution in [0.1, 0.15) is 10.4 Å². The Labute approximate surface area is 115 Å². The first-order valence-electron chi connectivity index (χ1n) is 4.70. The number of halogens is 2. The molecule has 0 saturated carbocycles. The molecule has 0 fully saturated rings. The largest absolute Gasteiger partial charge is 0.320 e. The third kappa shape index (κ3) is 3.10. The minimum absolute atomic E-state index is 0.207. The Kier molecular flexibility index (Phi) is 3.86. The van der Waals surface area contributed by atoms with E-state index in [0.717, 1.165) is 0 Å². The highest BCUT2D eigenvalue weighted by Gasteiger charge is 2.08. The van der Waals surface area contributed by atoms with Gasteiger partial charge in [0.05, 0.1) is 5.69 Å². The number of nitrogens with one attached hydrogen (secondary N) is 1. The second kappa shape index (κ2) is 5.37. The maximum atomic E-state index is 11.9. The van der Waals surface area contributed by atoms with Crippen molar-refractivity contribution in [1.29, 1.82) is 0 Å². The minimum atomic E-state index is -0.207. The summed E-state index contributed by atoms with van der Waals surface area (Å²) >= 11 is 6.48. The molecule has 0 unspecified atom stereocenters. The number of carbonyl (C=O) groups is 1. The summed E-state index contributed by atoms with van der Waals surface area (Å²) in [6.07, 6.45) is 3.21. The van der Waals surface area contributed by atoms with Crippen LogP contribution in [-0.4, -0.2) is 15.9 Å². The molecule has 2 heterocycles. The van der Waals surface area contributed by atoms with Gasteiger partial charge in [-0.15, -0.1) is 0 Å². The van der Waals surface area contributed by atoms with Gasteiger partial charge in [-0.2, -0.15) is 0 Å². The average molecular weight is 357 g/mol. The van der Waals surface area contributed by atoms with Gasteiger partial charge in [0.25, 0.3) is 5.91 Å². The van der Waals surface area contributed by atoms with E-state index in [1.807, 2.05) is 0 Å². The van der Waals surface area contributed by atoms with E-state index in [4.69, 9.17) is 0 Å². The lowest BCUT2D eigenvalue weighted by atomic mass is 10.2. The number of hydrogen-bond acceptors (Lipinski definition) is 3. The molecule has 0 saturated heterocycles. The van der Waals surface area contributed by atoms with Crippen LogP contribution in [0.5, 0.6) is 0 Å². The van der Waals surface area contributed by atoms with Gasteiger partial charge in [-0.1, -0.05) is 0 Å². The lowest BCUT2D eigenvalue weighted by Gasteiger charge is -2.06. The van der Waals surface area contributed by atoms with Crippen molar-refractivity contribution in [2.45, 2.75) is 0 Å². The summed E-state index contributed by atoms with van der Waals surface area (Å²) in [4.78, 5) is 19.9. The van der Waals surface area contributed by atoms with E-state index in [-0.39, 0.29) is 5.91 Å². The normalized spacial score (nSPS) is 10.0. The molecule has 0 aliphatic rings. The van der Waals surface area contributed by atoms with Crippen LogP contribution in [0.15, 0.2) is 45.9 Å². The van der Waals surface area contributed by atoms with Crippen LogP contribution in [-0.2, 0) is 0 Å². The molecule has 2 rings (SSSR count). The molecule has 0 atom stereocenters. The fourth-order valence-corrected chi connectivity index (χ4v) is 1.93. The summed E-state index contributed by atoms with van der Waals surface area (Å²) in [5.41, 5.74) is 1.16. The molecule has 0 aromatic carbocycles. The summed E-state index contributed by atoms with van der Waals surface area (Å²) in [6, 6.07) is 6.82. The van der Waals surface area contributed by atoms with Gasteiger partial charge in [-0.05, 0) is 56.1 Å². The summed E-state index contributed by atoms with van der Waals surface area (Å²) < 4.78 is 1.22. The molecule has 1 N–H and O–H groups in total. The Morgan fingerprint density at radius 3 is 2.71 bits per heavy atom. The van der Waals surface area contributed by atoms with Gasteiger partial charge in [0.1, 0.15) is 9.21 Å². The molecule has 0 radical (unpaired) electrons. The molecule has 0 aliphatic heterocycles. The molecule has 0 aliphatic carbocycles. The van der Waals surface area contributed by atoms with Crippen LogP contribution in [0.25, 0.3) is 0 Å². The van der Waals surface area contributed by atoms with Crippen LogP contribution >= 0.6 is 31.9 Å².